The number of methoxy groups -OCH3 is 1. The van der Waals surface area contributed by atoms with Gasteiger partial charge < -0.3 is 4.74 Å². The van der Waals surface area contributed by atoms with E-state index in [4.69, 9.17) is 10.3 Å². The van der Waals surface area contributed by atoms with Crippen LogP contribution < -0.4 is 4.74 Å². The van der Waals surface area contributed by atoms with E-state index in [1.165, 1.54) is 24.2 Å². The van der Waals surface area contributed by atoms with Crippen LogP contribution in [0.1, 0.15) is 12.0 Å². The van der Waals surface area contributed by atoms with E-state index in [-0.39, 0.29) is 30.1 Å². The summed E-state index contributed by atoms with van der Waals surface area (Å²) >= 11 is 0. The first-order valence-electron chi connectivity index (χ1n) is 6.40. The molecule has 7 nitrogen and oxygen atoms in total. The maximum absolute atomic E-state index is 12.9. The molecule has 0 bridgehead atoms. The minimum atomic E-state index is -4.52. The summed E-state index contributed by atoms with van der Waals surface area (Å²) in [7, 11) is 1.27. The maximum atomic E-state index is 12.9. The molecule has 1 heterocycles. The van der Waals surface area contributed by atoms with Gasteiger partial charge in [0.25, 0.3) is 5.91 Å². The SMILES string of the molecule is COc1cc(-c2ncn(CCC(=O)N=N)n2)cc(C(F)(F)F)c1. The van der Waals surface area contributed by atoms with E-state index in [1.54, 1.807) is 0 Å². The lowest BCUT2D eigenvalue weighted by Crippen LogP contribution is -2.06. The maximum Gasteiger partial charge on any atom is 0.416 e. The second-order valence-corrected chi connectivity index (χ2v) is 4.53. The molecule has 0 saturated heterocycles. The van der Waals surface area contributed by atoms with Crippen LogP contribution in [0.5, 0.6) is 5.75 Å². The molecule has 2 aromatic rings. The zero-order valence-corrected chi connectivity index (χ0v) is 12.0. The first-order chi connectivity index (χ1) is 10.8. The van der Waals surface area contributed by atoms with E-state index in [2.05, 4.69) is 15.2 Å². The van der Waals surface area contributed by atoms with Gasteiger partial charge in [0.2, 0.25) is 0 Å². The van der Waals surface area contributed by atoms with Crippen molar-refractivity contribution in [2.45, 2.75) is 19.1 Å². The minimum absolute atomic E-state index is 0.0364. The summed E-state index contributed by atoms with van der Waals surface area (Å²) in [6.07, 6.45) is -3.27. The van der Waals surface area contributed by atoms with Gasteiger partial charge in [-0.15, -0.1) is 5.11 Å². The average molecular weight is 327 g/mol. The van der Waals surface area contributed by atoms with Crippen molar-refractivity contribution in [3.63, 3.8) is 0 Å². The fourth-order valence-electron chi connectivity index (χ4n) is 1.81. The van der Waals surface area contributed by atoms with Crippen LogP contribution in [-0.2, 0) is 17.5 Å². The van der Waals surface area contributed by atoms with Crippen molar-refractivity contribution in [3.05, 3.63) is 30.1 Å². The Hall–Kier alpha value is -2.78. The molecule has 0 aliphatic rings. The number of benzene rings is 1. The summed E-state index contributed by atoms with van der Waals surface area (Å²) in [6.45, 7) is 0.129. The Labute approximate surface area is 128 Å². The molecule has 1 amide bonds. The van der Waals surface area contributed by atoms with Crippen LogP contribution in [0.4, 0.5) is 13.2 Å². The number of ether oxygens (including phenoxy) is 1. The summed E-state index contributed by atoms with van der Waals surface area (Å²) in [5, 5.41) is 6.75. The van der Waals surface area contributed by atoms with Crippen molar-refractivity contribution in [2.75, 3.05) is 7.11 Å². The van der Waals surface area contributed by atoms with Gasteiger partial charge in [-0.05, 0) is 18.2 Å². The molecule has 0 fully saturated rings. The fraction of sp³-hybridized carbons (Fsp3) is 0.308. The second kappa shape index (κ2) is 6.55. The van der Waals surface area contributed by atoms with Gasteiger partial charge in [0.1, 0.15) is 12.1 Å². The van der Waals surface area contributed by atoms with Crippen LogP contribution in [0, 0.1) is 5.53 Å². The Morgan fingerprint density at radius 1 is 1.39 bits per heavy atom. The normalized spacial score (nSPS) is 11.3. The zero-order chi connectivity index (χ0) is 17.0. The van der Waals surface area contributed by atoms with Crippen molar-refractivity contribution >= 4 is 5.91 Å². The summed E-state index contributed by atoms with van der Waals surface area (Å²) in [5.41, 5.74) is 5.83. The smallest absolute Gasteiger partial charge is 0.416 e. The number of nitrogens with one attached hydrogen (secondary N) is 1. The van der Waals surface area contributed by atoms with Gasteiger partial charge in [-0.3, -0.25) is 9.48 Å². The molecule has 1 aromatic heterocycles. The quantitative estimate of drug-likeness (QED) is 0.854. The Balaban J connectivity index is 2.29. The third-order valence-electron chi connectivity index (χ3n) is 2.94. The monoisotopic (exact) mass is 327 g/mol. The number of carbonyl (C=O) groups is 1. The molecule has 0 aliphatic carbocycles. The standard InChI is InChI=1S/C13H12F3N5O2/c1-23-10-5-8(4-9(6-10)13(14,15)16)12-18-7-21(20-12)3-2-11(22)19-17/h4-7,17H,2-3H2,1H3. The number of nitrogens with zero attached hydrogens (tertiary/aromatic N) is 4. The predicted octanol–water partition coefficient (Wildman–Crippen LogP) is 2.92. The Bertz CT molecular complexity index is 727. The van der Waals surface area contributed by atoms with E-state index in [1.807, 2.05) is 0 Å². The van der Waals surface area contributed by atoms with Crippen molar-refractivity contribution in [1.29, 1.82) is 5.53 Å². The first-order valence-corrected chi connectivity index (χ1v) is 6.40. The molecule has 10 heteroatoms. The van der Waals surface area contributed by atoms with Crippen molar-refractivity contribution in [3.8, 4) is 17.1 Å². The molecule has 1 N–H and O–H groups in total. The molecule has 1 aromatic carbocycles. The molecule has 0 saturated carbocycles. The minimum Gasteiger partial charge on any atom is -0.497 e. The molecular weight excluding hydrogens is 315 g/mol. The number of alkyl halides is 3. The van der Waals surface area contributed by atoms with Crippen molar-refractivity contribution in [1.82, 2.24) is 14.8 Å². The van der Waals surface area contributed by atoms with E-state index >= 15 is 0 Å². The van der Waals surface area contributed by atoms with Gasteiger partial charge in [0.15, 0.2) is 5.82 Å². The molecule has 0 spiro atoms. The van der Waals surface area contributed by atoms with Crippen LogP contribution in [0.15, 0.2) is 29.6 Å². The summed E-state index contributed by atoms with van der Waals surface area (Å²) in [5.74, 6) is -0.512. The molecule has 0 radical (unpaired) electrons. The van der Waals surface area contributed by atoms with Crippen LogP contribution >= 0.6 is 0 Å². The number of hydrogen-bond donors (Lipinski definition) is 1. The lowest BCUT2D eigenvalue weighted by molar-refractivity contribution is -0.137. The summed E-state index contributed by atoms with van der Waals surface area (Å²) in [6, 6.07) is 3.20. The molecular formula is C13H12F3N5O2. The van der Waals surface area contributed by atoms with Gasteiger partial charge in [0.05, 0.1) is 25.6 Å². The summed E-state index contributed by atoms with van der Waals surface area (Å²) in [4.78, 5) is 14.9. The number of hydrogen-bond acceptors (Lipinski definition) is 5. The lowest BCUT2D eigenvalue weighted by Gasteiger charge is -2.10. The second-order valence-electron chi connectivity index (χ2n) is 4.53. The Morgan fingerprint density at radius 2 is 2.13 bits per heavy atom. The summed E-state index contributed by atoms with van der Waals surface area (Å²) < 4.78 is 44.8. The van der Waals surface area contributed by atoms with E-state index < -0.39 is 17.6 Å². The van der Waals surface area contributed by atoms with E-state index in [0.29, 0.717) is 0 Å². The highest BCUT2D eigenvalue weighted by atomic mass is 19.4. The van der Waals surface area contributed by atoms with Crippen LogP contribution in [-0.4, -0.2) is 27.8 Å². The van der Waals surface area contributed by atoms with E-state index in [9.17, 15) is 18.0 Å². The number of amides is 1. The van der Waals surface area contributed by atoms with Crippen LogP contribution in [0.2, 0.25) is 0 Å². The Morgan fingerprint density at radius 3 is 2.74 bits per heavy atom. The fourth-order valence-corrected chi connectivity index (χ4v) is 1.81. The third kappa shape index (κ3) is 4.11. The zero-order valence-electron chi connectivity index (χ0n) is 12.0. The molecule has 23 heavy (non-hydrogen) atoms. The lowest BCUT2D eigenvalue weighted by atomic mass is 10.1. The van der Waals surface area contributed by atoms with Crippen molar-refractivity contribution < 1.29 is 22.7 Å². The molecule has 0 unspecified atom stereocenters. The van der Waals surface area contributed by atoms with Gasteiger partial charge in [-0.2, -0.15) is 18.3 Å². The number of carbonyl (C=O) groups excluding carboxylic acids is 1. The van der Waals surface area contributed by atoms with Gasteiger partial charge >= 0.3 is 6.18 Å². The molecule has 2 rings (SSSR count). The molecule has 122 valence electrons. The number of aryl methyl sites for hydroxylation is 1. The molecule has 0 aliphatic heterocycles. The number of aromatic nitrogens is 3. The van der Waals surface area contributed by atoms with Crippen LogP contribution in [0.3, 0.4) is 0 Å². The largest absolute Gasteiger partial charge is 0.497 e. The number of halogens is 3. The predicted molar refractivity (Wildman–Crippen MR) is 71.8 cm³/mol. The highest BCUT2D eigenvalue weighted by Crippen LogP contribution is 2.34. The van der Waals surface area contributed by atoms with Crippen LogP contribution in [0.25, 0.3) is 11.4 Å². The van der Waals surface area contributed by atoms with Gasteiger partial charge in [-0.1, -0.05) is 0 Å². The highest BCUT2D eigenvalue weighted by Gasteiger charge is 2.31. The van der Waals surface area contributed by atoms with Gasteiger partial charge in [-0.25, -0.2) is 10.5 Å². The van der Waals surface area contributed by atoms with Gasteiger partial charge in [0, 0.05) is 5.56 Å². The average Bonchev–Trinajstić information content (AvgIpc) is 3.00. The van der Waals surface area contributed by atoms with E-state index in [0.717, 1.165) is 12.1 Å². The van der Waals surface area contributed by atoms with Crippen molar-refractivity contribution in [2.24, 2.45) is 5.11 Å². The Kier molecular flexibility index (Phi) is 4.72. The number of rotatable bonds is 5. The first kappa shape index (κ1) is 16.6. The highest BCUT2D eigenvalue weighted by molar-refractivity contribution is 5.75. The molecule has 0 atom stereocenters. The topological polar surface area (TPSA) is 93.2 Å². The third-order valence-corrected chi connectivity index (χ3v) is 2.94.